The molecule has 1 aliphatic rings. The topological polar surface area (TPSA) is 35.5 Å². The van der Waals surface area contributed by atoms with Gasteiger partial charge in [0.1, 0.15) is 5.75 Å². The van der Waals surface area contributed by atoms with E-state index in [4.69, 9.17) is 0 Å². The zero-order valence-corrected chi connectivity index (χ0v) is 12.3. The summed E-state index contributed by atoms with van der Waals surface area (Å²) in [6.07, 6.45) is 1.09. The first-order valence-electron chi connectivity index (χ1n) is 6.05. The molecule has 0 unspecified atom stereocenters. The molecule has 0 amide bonds. The van der Waals surface area contributed by atoms with Gasteiger partial charge in [-0.2, -0.15) is 0 Å². The fraction of sp³-hybridized carbons (Fsp3) is 0.538. The number of rotatable bonds is 3. The van der Waals surface area contributed by atoms with E-state index in [0.29, 0.717) is 11.8 Å². The summed E-state index contributed by atoms with van der Waals surface area (Å²) in [4.78, 5) is 2.49. The highest BCUT2D eigenvalue weighted by atomic mass is 35.5. The van der Waals surface area contributed by atoms with Gasteiger partial charge in [0.2, 0.25) is 0 Å². The molecule has 2 N–H and O–H groups in total. The Hall–Kier alpha value is -0.480. The van der Waals surface area contributed by atoms with E-state index in [1.54, 1.807) is 6.07 Å². The van der Waals surface area contributed by atoms with E-state index in [1.165, 1.54) is 5.56 Å². The summed E-state index contributed by atoms with van der Waals surface area (Å²) >= 11 is 0. The number of benzene rings is 1. The van der Waals surface area contributed by atoms with Gasteiger partial charge in [-0.15, -0.1) is 24.8 Å². The predicted molar refractivity (Wildman–Crippen MR) is 80.1 cm³/mol. The van der Waals surface area contributed by atoms with Crippen molar-refractivity contribution in [2.24, 2.45) is 0 Å². The number of hydrogen-bond donors (Lipinski definition) is 2. The number of aromatic hydroxyl groups is 1. The molecule has 1 aliphatic heterocycles. The molecule has 0 saturated carbocycles. The quantitative estimate of drug-likeness (QED) is 0.899. The maximum atomic E-state index is 9.52. The molecule has 0 spiro atoms. The average molecular weight is 293 g/mol. The fourth-order valence-corrected chi connectivity index (χ4v) is 2.43. The average Bonchev–Trinajstić information content (AvgIpc) is 2.31. The van der Waals surface area contributed by atoms with Crippen LogP contribution in [0.4, 0.5) is 0 Å². The summed E-state index contributed by atoms with van der Waals surface area (Å²) in [6, 6.07) is 8.09. The van der Waals surface area contributed by atoms with Crippen molar-refractivity contribution in [3.05, 3.63) is 29.8 Å². The first-order valence-corrected chi connectivity index (χ1v) is 6.05. The lowest BCUT2D eigenvalue weighted by molar-refractivity contribution is 0.169. The van der Waals surface area contributed by atoms with Crippen LogP contribution in [0.5, 0.6) is 5.75 Å². The maximum Gasteiger partial charge on any atom is 0.115 e. The lowest BCUT2D eigenvalue weighted by Gasteiger charge is -2.34. The van der Waals surface area contributed by atoms with Gasteiger partial charge in [0.05, 0.1) is 0 Å². The Balaban J connectivity index is 0.00000144. The molecule has 1 fully saturated rings. The molecule has 5 heteroatoms. The monoisotopic (exact) mass is 292 g/mol. The molecule has 2 rings (SSSR count). The standard InChI is InChI=1S/C13H20N2O.2ClH/c1-2-13(15-8-6-14-7-9-15)11-4-3-5-12(16)10-11;;/h3-5,10,13-14,16H,2,6-9H2,1H3;2*1H/t13-;;/m1../s1. The molecule has 1 saturated heterocycles. The molecule has 18 heavy (non-hydrogen) atoms. The highest BCUT2D eigenvalue weighted by molar-refractivity contribution is 5.85. The number of nitrogens with one attached hydrogen (secondary N) is 1. The highest BCUT2D eigenvalue weighted by Crippen LogP contribution is 2.26. The Morgan fingerprint density at radius 3 is 2.50 bits per heavy atom. The molecular weight excluding hydrogens is 271 g/mol. The minimum absolute atomic E-state index is 0. The summed E-state index contributed by atoms with van der Waals surface area (Å²) in [5, 5.41) is 12.9. The van der Waals surface area contributed by atoms with Crippen molar-refractivity contribution < 1.29 is 5.11 Å². The van der Waals surface area contributed by atoms with Gasteiger partial charge in [-0.05, 0) is 24.1 Å². The van der Waals surface area contributed by atoms with Crippen molar-refractivity contribution in [3.8, 4) is 5.75 Å². The highest BCUT2D eigenvalue weighted by Gasteiger charge is 2.20. The van der Waals surface area contributed by atoms with E-state index in [1.807, 2.05) is 12.1 Å². The van der Waals surface area contributed by atoms with Crippen LogP contribution in [0, 0.1) is 0 Å². The summed E-state index contributed by atoms with van der Waals surface area (Å²) in [5.41, 5.74) is 1.23. The first-order chi connectivity index (χ1) is 7.81. The molecule has 104 valence electrons. The van der Waals surface area contributed by atoms with E-state index in [0.717, 1.165) is 32.6 Å². The van der Waals surface area contributed by atoms with Gasteiger partial charge >= 0.3 is 0 Å². The maximum absolute atomic E-state index is 9.52. The second-order valence-corrected chi connectivity index (χ2v) is 4.31. The van der Waals surface area contributed by atoms with Crippen LogP contribution in [0.1, 0.15) is 24.9 Å². The van der Waals surface area contributed by atoms with Crippen LogP contribution in [-0.2, 0) is 0 Å². The lowest BCUT2D eigenvalue weighted by atomic mass is 10.0. The Bertz CT molecular complexity index is 344. The van der Waals surface area contributed by atoms with Gasteiger partial charge in [-0.25, -0.2) is 0 Å². The number of phenols is 1. The van der Waals surface area contributed by atoms with Crippen molar-refractivity contribution >= 4 is 24.8 Å². The molecule has 1 atom stereocenters. The Morgan fingerprint density at radius 1 is 1.28 bits per heavy atom. The molecular formula is C13H22Cl2N2O. The van der Waals surface area contributed by atoms with E-state index in [2.05, 4.69) is 23.2 Å². The van der Waals surface area contributed by atoms with Crippen LogP contribution in [0.25, 0.3) is 0 Å². The Morgan fingerprint density at radius 2 is 1.94 bits per heavy atom. The van der Waals surface area contributed by atoms with Crippen LogP contribution in [0.3, 0.4) is 0 Å². The van der Waals surface area contributed by atoms with Crippen LogP contribution < -0.4 is 5.32 Å². The normalized spacial score (nSPS) is 17.4. The minimum Gasteiger partial charge on any atom is -0.508 e. The van der Waals surface area contributed by atoms with Crippen molar-refractivity contribution in [2.45, 2.75) is 19.4 Å². The second kappa shape index (κ2) is 8.59. The van der Waals surface area contributed by atoms with E-state index in [9.17, 15) is 5.11 Å². The molecule has 0 aromatic heterocycles. The second-order valence-electron chi connectivity index (χ2n) is 4.31. The minimum atomic E-state index is 0. The van der Waals surface area contributed by atoms with Crippen LogP contribution in [-0.4, -0.2) is 36.2 Å². The van der Waals surface area contributed by atoms with Crippen LogP contribution in [0.2, 0.25) is 0 Å². The number of hydrogen-bond acceptors (Lipinski definition) is 3. The van der Waals surface area contributed by atoms with Gasteiger partial charge in [0.15, 0.2) is 0 Å². The molecule has 0 bridgehead atoms. The smallest absolute Gasteiger partial charge is 0.115 e. The van der Waals surface area contributed by atoms with E-state index in [-0.39, 0.29) is 24.8 Å². The lowest BCUT2D eigenvalue weighted by Crippen LogP contribution is -2.45. The van der Waals surface area contributed by atoms with E-state index < -0.39 is 0 Å². The van der Waals surface area contributed by atoms with Gasteiger partial charge in [0.25, 0.3) is 0 Å². The van der Waals surface area contributed by atoms with Gasteiger partial charge in [0, 0.05) is 32.2 Å². The zero-order valence-electron chi connectivity index (χ0n) is 10.6. The number of phenolic OH excluding ortho intramolecular Hbond substituents is 1. The third-order valence-corrected chi connectivity index (χ3v) is 3.23. The molecule has 1 aromatic carbocycles. The van der Waals surface area contributed by atoms with Crippen molar-refractivity contribution in [1.82, 2.24) is 10.2 Å². The van der Waals surface area contributed by atoms with Crippen molar-refractivity contribution in [1.29, 1.82) is 0 Å². The van der Waals surface area contributed by atoms with E-state index >= 15 is 0 Å². The predicted octanol–water partition coefficient (Wildman–Crippen LogP) is 2.59. The van der Waals surface area contributed by atoms with Gasteiger partial charge in [-0.3, -0.25) is 4.90 Å². The molecule has 3 nitrogen and oxygen atoms in total. The van der Waals surface area contributed by atoms with Crippen molar-refractivity contribution in [3.63, 3.8) is 0 Å². The number of nitrogens with zero attached hydrogens (tertiary/aromatic N) is 1. The van der Waals surface area contributed by atoms with Crippen LogP contribution in [0.15, 0.2) is 24.3 Å². The van der Waals surface area contributed by atoms with Crippen molar-refractivity contribution in [2.75, 3.05) is 26.2 Å². The first kappa shape index (κ1) is 17.5. The fourth-order valence-electron chi connectivity index (χ4n) is 2.43. The SMILES string of the molecule is CC[C@H](c1cccc(O)c1)N1CCNCC1.Cl.Cl. The number of piperazine rings is 1. The summed E-state index contributed by atoms with van der Waals surface area (Å²) in [7, 11) is 0. The third kappa shape index (κ3) is 4.32. The Labute approximate surface area is 121 Å². The summed E-state index contributed by atoms with van der Waals surface area (Å²) in [6.45, 7) is 6.52. The largest absolute Gasteiger partial charge is 0.508 e. The zero-order chi connectivity index (χ0) is 11.4. The molecule has 0 radical (unpaired) electrons. The molecule has 1 heterocycles. The Kier molecular flexibility index (Phi) is 8.36. The third-order valence-electron chi connectivity index (χ3n) is 3.23. The molecule has 0 aliphatic carbocycles. The summed E-state index contributed by atoms with van der Waals surface area (Å²) in [5.74, 6) is 0.367. The van der Waals surface area contributed by atoms with Gasteiger partial charge in [-0.1, -0.05) is 19.1 Å². The van der Waals surface area contributed by atoms with Gasteiger partial charge < -0.3 is 10.4 Å². The summed E-state index contributed by atoms with van der Waals surface area (Å²) < 4.78 is 0. The molecule has 1 aromatic rings. The number of halogens is 2. The van der Waals surface area contributed by atoms with Crippen LogP contribution >= 0.6 is 24.8 Å².